The maximum absolute atomic E-state index is 11.4. The quantitative estimate of drug-likeness (QED) is 0.658. The first-order chi connectivity index (χ1) is 8.13. The lowest BCUT2D eigenvalue weighted by molar-refractivity contribution is -0.145. The molecule has 3 atom stereocenters. The monoisotopic (exact) mass is 244 g/mol. The Kier molecular flexibility index (Phi) is 6.47. The highest BCUT2D eigenvalue weighted by molar-refractivity contribution is 5.75. The number of esters is 1. The average Bonchev–Trinajstić information content (AvgIpc) is 2.30. The molecule has 0 spiro atoms. The van der Waals surface area contributed by atoms with Crippen LogP contribution >= 0.6 is 0 Å². The van der Waals surface area contributed by atoms with Gasteiger partial charge in [-0.05, 0) is 27.2 Å². The Labute approximate surface area is 103 Å². The van der Waals surface area contributed by atoms with Crippen LogP contribution in [0.4, 0.5) is 0 Å². The Morgan fingerprint density at radius 2 is 2.35 bits per heavy atom. The number of hydrogen-bond donors (Lipinski definition) is 2. The fourth-order valence-electron chi connectivity index (χ4n) is 2.03. The van der Waals surface area contributed by atoms with Gasteiger partial charge in [0, 0.05) is 18.6 Å². The SMILES string of the molecule is CCOC(=O)C(C)NC(C)CC1COCCN1. The highest BCUT2D eigenvalue weighted by atomic mass is 16.5. The molecule has 0 radical (unpaired) electrons. The molecule has 0 aromatic carbocycles. The van der Waals surface area contributed by atoms with Crippen molar-refractivity contribution in [3.05, 3.63) is 0 Å². The molecule has 17 heavy (non-hydrogen) atoms. The molecule has 0 saturated carbocycles. The molecule has 5 heteroatoms. The predicted molar refractivity (Wildman–Crippen MR) is 65.9 cm³/mol. The van der Waals surface area contributed by atoms with Crippen molar-refractivity contribution >= 4 is 5.97 Å². The summed E-state index contributed by atoms with van der Waals surface area (Å²) in [6, 6.07) is 0.378. The molecular weight excluding hydrogens is 220 g/mol. The van der Waals surface area contributed by atoms with Gasteiger partial charge in [0.15, 0.2) is 0 Å². The number of nitrogens with one attached hydrogen (secondary N) is 2. The predicted octanol–water partition coefficient (Wildman–Crippen LogP) is 0.295. The summed E-state index contributed by atoms with van der Waals surface area (Å²) in [6.07, 6.45) is 0.948. The Hall–Kier alpha value is -0.650. The molecule has 1 heterocycles. The van der Waals surface area contributed by atoms with E-state index in [1.54, 1.807) is 0 Å². The van der Waals surface area contributed by atoms with Crippen LogP contribution < -0.4 is 10.6 Å². The summed E-state index contributed by atoms with van der Waals surface area (Å²) in [6.45, 7) is 8.60. The van der Waals surface area contributed by atoms with Gasteiger partial charge in [-0.25, -0.2) is 0 Å². The third-order valence-electron chi connectivity index (χ3n) is 2.81. The summed E-state index contributed by atoms with van der Waals surface area (Å²) >= 11 is 0. The third-order valence-corrected chi connectivity index (χ3v) is 2.81. The molecule has 1 fully saturated rings. The van der Waals surface area contributed by atoms with Crippen LogP contribution in [0.3, 0.4) is 0 Å². The van der Waals surface area contributed by atoms with Crippen molar-refractivity contribution in [1.29, 1.82) is 0 Å². The molecule has 0 amide bonds. The first-order valence-corrected chi connectivity index (χ1v) is 6.37. The largest absolute Gasteiger partial charge is 0.465 e. The van der Waals surface area contributed by atoms with E-state index in [2.05, 4.69) is 17.6 Å². The van der Waals surface area contributed by atoms with Gasteiger partial charge in [-0.1, -0.05) is 0 Å². The third kappa shape index (κ3) is 5.48. The fraction of sp³-hybridized carbons (Fsp3) is 0.917. The number of hydrogen-bond acceptors (Lipinski definition) is 5. The summed E-state index contributed by atoms with van der Waals surface area (Å²) < 4.78 is 10.3. The van der Waals surface area contributed by atoms with Gasteiger partial charge >= 0.3 is 5.97 Å². The van der Waals surface area contributed by atoms with Crippen molar-refractivity contribution in [3.8, 4) is 0 Å². The van der Waals surface area contributed by atoms with Crippen LogP contribution in [0.2, 0.25) is 0 Å². The zero-order chi connectivity index (χ0) is 12.7. The summed E-state index contributed by atoms with van der Waals surface area (Å²) in [4.78, 5) is 11.4. The minimum Gasteiger partial charge on any atom is -0.465 e. The van der Waals surface area contributed by atoms with Crippen molar-refractivity contribution < 1.29 is 14.3 Å². The molecule has 5 nitrogen and oxygen atoms in total. The van der Waals surface area contributed by atoms with Crippen LogP contribution in [0.15, 0.2) is 0 Å². The van der Waals surface area contributed by atoms with Crippen molar-refractivity contribution in [2.45, 2.75) is 45.3 Å². The molecule has 1 aliphatic heterocycles. The molecule has 0 aromatic rings. The van der Waals surface area contributed by atoms with Crippen LogP contribution in [0, 0.1) is 0 Å². The normalized spacial score (nSPS) is 24.1. The molecule has 0 aliphatic carbocycles. The fourth-order valence-corrected chi connectivity index (χ4v) is 2.03. The van der Waals surface area contributed by atoms with Gasteiger partial charge < -0.3 is 20.1 Å². The van der Waals surface area contributed by atoms with Crippen LogP contribution in [0.5, 0.6) is 0 Å². The van der Waals surface area contributed by atoms with E-state index in [1.807, 2.05) is 13.8 Å². The molecule has 1 saturated heterocycles. The van der Waals surface area contributed by atoms with Crippen LogP contribution in [0.1, 0.15) is 27.2 Å². The lowest BCUT2D eigenvalue weighted by Crippen LogP contribution is -2.47. The minimum absolute atomic E-state index is 0.188. The van der Waals surface area contributed by atoms with Gasteiger partial charge in [-0.15, -0.1) is 0 Å². The van der Waals surface area contributed by atoms with Gasteiger partial charge in [0.1, 0.15) is 6.04 Å². The molecule has 0 aromatic heterocycles. The Balaban J connectivity index is 2.22. The lowest BCUT2D eigenvalue weighted by atomic mass is 10.1. The zero-order valence-electron chi connectivity index (χ0n) is 11.0. The molecule has 1 aliphatic rings. The first-order valence-electron chi connectivity index (χ1n) is 6.37. The van der Waals surface area contributed by atoms with Crippen molar-refractivity contribution in [2.75, 3.05) is 26.4 Å². The topological polar surface area (TPSA) is 59.6 Å². The molecular formula is C12H24N2O3. The van der Waals surface area contributed by atoms with E-state index in [9.17, 15) is 4.79 Å². The van der Waals surface area contributed by atoms with Gasteiger partial charge in [-0.2, -0.15) is 0 Å². The second kappa shape index (κ2) is 7.63. The van der Waals surface area contributed by atoms with Crippen molar-refractivity contribution in [3.63, 3.8) is 0 Å². The highest BCUT2D eigenvalue weighted by Crippen LogP contribution is 2.03. The Bertz CT molecular complexity index is 230. The summed E-state index contributed by atoms with van der Waals surface area (Å²) in [7, 11) is 0. The number of ether oxygens (including phenoxy) is 2. The van der Waals surface area contributed by atoms with E-state index in [1.165, 1.54) is 0 Å². The van der Waals surface area contributed by atoms with E-state index in [-0.39, 0.29) is 18.1 Å². The van der Waals surface area contributed by atoms with E-state index in [4.69, 9.17) is 9.47 Å². The van der Waals surface area contributed by atoms with E-state index < -0.39 is 0 Å². The molecule has 3 unspecified atom stereocenters. The smallest absolute Gasteiger partial charge is 0.322 e. The Morgan fingerprint density at radius 3 is 2.94 bits per heavy atom. The standard InChI is InChI=1S/C12H24N2O3/c1-4-17-12(15)10(3)14-9(2)7-11-8-16-6-5-13-11/h9-11,13-14H,4-8H2,1-3H3. The summed E-state index contributed by atoms with van der Waals surface area (Å²) in [5.41, 5.74) is 0. The van der Waals surface area contributed by atoms with Gasteiger partial charge in [-0.3, -0.25) is 4.79 Å². The molecule has 2 N–H and O–H groups in total. The first kappa shape index (κ1) is 14.4. The van der Waals surface area contributed by atoms with E-state index >= 15 is 0 Å². The molecule has 100 valence electrons. The number of morpholine rings is 1. The second-order valence-electron chi connectivity index (χ2n) is 4.50. The highest BCUT2D eigenvalue weighted by Gasteiger charge is 2.20. The van der Waals surface area contributed by atoms with Crippen molar-refractivity contribution in [2.24, 2.45) is 0 Å². The van der Waals surface area contributed by atoms with Gasteiger partial charge in [0.2, 0.25) is 0 Å². The van der Waals surface area contributed by atoms with Crippen LogP contribution in [-0.2, 0) is 14.3 Å². The van der Waals surface area contributed by atoms with Crippen molar-refractivity contribution in [1.82, 2.24) is 10.6 Å². The average molecular weight is 244 g/mol. The minimum atomic E-state index is -0.255. The van der Waals surface area contributed by atoms with E-state index in [0.717, 1.165) is 26.2 Å². The van der Waals surface area contributed by atoms with Crippen LogP contribution in [-0.4, -0.2) is 50.5 Å². The summed E-state index contributed by atoms with van der Waals surface area (Å²) in [5.74, 6) is -0.188. The molecule has 0 bridgehead atoms. The zero-order valence-corrected chi connectivity index (χ0v) is 11.0. The number of rotatable bonds is 6. The molecule has 1 rings (SSSR count). The lowest BCUT2D eigenvalue weighted by Gasteiger charge is -2.27. The second-order valence-corrected chi connectivity index (χ2v) is 4.50. The van der Waals surface area contributed by atoms with Gasteiger partial charge in [0.05, 0.1) is 19.8 Å². The Morgan fingerprint density at radius 1 is 1.59 bits per heavy atom. The number of carbonyl (C=O) groups is 1. The van der Waals surface area contributed by atoms with Crippen LogP contribution in [0.25, 0.3) is 0 Å². The maximum atomic E-state index is 11.4. The maximum Gasteiger partial charge on any atom is 0.322 e. The van der Waals surface area contributed by atoms with E-state index in [0.29, 0.717) is 12.6 Å². The van der Waals surface area contributed by atoms with Gasteiger partial charge in [0.25, 0.3) is 0 Å². The summed E-state index contributed by atoms with van der Waals surface area (Å²) in [5, 5.41) is 6.64. The number of carbonyl (C=O) groups excluding carboxylic acids is 1.